The minimum absolute atomic E-state index is 0.0895. The van der Waals surface area contributed by atoms with Gasteiger partial charge in [-0.2, -0.15) is 0 Å². The van der Waals surface area contributed by atoms with Crippen LogP contribution in [0.3, 0.4) is 0 Å². The summed E-state index contributed by atoms with van der Waals surface area (Å²) in [7, 11) is 0. The van der Waals surface area contributed by atoms with Crippen molar-refractivity contribution in [1.29, 1.82) is 0 Å². The first-order valence-corrected chi connectivity index (χ1v) is 26.8. The molecule has 0 aliphatic carbocycles. The summed E-state index contributed by atoms with van der Waals surface area (Å²) in [6.07, 6.45) is 63.5. The lowest BCUT2D eigenvalue weighted by molar-refractivity contribution is -0.167. The van der Waals surface area contributed by atoms with Crippen LogP contribution in [0.25, 0.3) is 0 Å². The van der Waals surface area contributed by atoms with Crippen molar-refractivity contribution >= 4 is 17.9 Å². The summed E-state index contributed by atoms with van der Waals surface area (Å²) in [4.78, 5) is 38.0. The van der Waals surface area contributed by atoms with Crippen LogP contribution in [-0.2, 0) is 28.6 Å². The molecule has 0 bridgehead atoms. The summed E-state index contributed by atoms with van der Waals surface area (Å²) >= 11 is 0. The predicted molar refractivity (Wildman–Crippen MR) is 270 cm³/mol. The highest BCUT2D eigenvalue weighted by molar-refractivity contribution is 5.71. The minimum Gasteiger partial charge on any atom is -0.462 e. The van der Waals surface area contributed by atoms with Gasteiger partial charge in [0, 0.05) is 19.3 Å². The maximum atomic E-state index is 12.8. The van der Waals surface area contributed by atoms with Crippen LogP contribution in [0.2, 0.25) is 0 Å². The Morgan fingerprint density at radius 2 is 0.619 bits per heavy atom. The van der Waals surface area contributed by atoms with Gasteiger partial charge in [0.25, 0.3) is 0 Å². The van der Waals surface area contributed by atoms with Crippen LogP contribution in [-0.4, -0.2) is 37.2 Å². The van der Waals surface area contributed by atoms with E-state index in [1.807, 2.05) is 0 Å². The first kappa shape index (κ1) is 60.1. The van der Waals surface area contributed by atoms with Crippen LogP contribution in [0.5, 0.6) is 0 Å². The van der Waals surface area contributed by atoms with Crippen molar-refractivity contribution in [3.63, 3.8) is 0 Å². The molecule has 0 N–H and O–H groups in total. The quantitative estimate of drug-likeness (QED) is 0.0262. The molecule has 6 nitrogen and oxygen atoms in total. The molecule has 0 aromatic heterocycles. The average Bonchev–Trinajstić information content (AvgIpc) is 3.28. The minimum atomic E-state index is -0.793. The molecule has 0 aliphatic heterocycles. The zero-order valence-electron chi connectivity index (χ0n) is 41.6. The number of unbranched alkanes of at least 4 members (excludes halogenated alkanes) is 27. The highest BCUT2D eigenvalue weighted by Gasteiger charge is 2.19. The smallest absolute Gasteiger partial charge is 0.306 e. The Kier molecular flexibility index (Phi) is 49.4. The first-order valence-electron chi connectivity index (χ1n) is 26.8. The predicted octanol–water partition coefficient (Wildman–Crippen LogP) is 17.6. The second kappa shape index (κ2) is 51.7. The highest BCUT2D eigenvalue weighted by atomic mass is 16.6. The number of carbonyl (C=O) groups is 3. The number of esters is 3. The van der Waals surface area contributed by atoms with Crippen LogP contribution < -0.4 is 0 Å². The molecule has 0 fully saturated rings. The zero-order chi connectivity index (χ0) is 45.8. The number of carbonyl (C=O) groups excluding carboxylic acids is 3. The normalized spacial score (nSPS) is 12.5. The number of ether oxygens (including phenoxy) is 3. The fourth-order valence-electron chi connectivity index (χ4n) is 7.49. The van der Waals surface area contributed by atoms with Crippen molar-refractivity contribution < 1.29 is 28.6 Å². The fraction of sp³-hybridized carbons (Fsp3) is 0.772. The molecule has 0 aliphatic rings. The van der Waals surface area contributed by atoms with E-state index in [0.717, 1.165) is 77.0 Å². The molecule has 364 valence electrons. The van der Waals surface area contributed by atoms with Crippen molar-refractivity contribution in [2.24, 2.45) is 0 Å². The van der Waals surface area contributed by atoms with Gasteiger partial charge < -0.3 is 14.2 Å². The van der Waals surface area contributed by atoms with Gasteiger partial charge in [0.1, 0.15) is 13.2 Å². The van der Waals surface area contributed by atoms with Crippen molar-refractivity contribution in [1.82, 2.24) is 0 Å². The number of allylic oxidation sites excluding steroid dienone is 10. The molecule has 0 aromatic rings. The van der Waals surface area contributed by atoms with Crippen molar-refractivity contribution in [3.05, 3.63) is 60.8 Å². The lowest BCUT2D eigenvalue weighted by atomic mass is 10.1. The third-order valence-corrected chi connectivity index (χ3v) is 11.5. The molecule has 1 unspecified atom stereocenters. The maximum absolute atomic E-state index is 12.8. The summed E-state index contributed by atoms with van der Waals surface area (Å²) in [5.74, 6) is -0.928. The number of rotatable bonds is 48. The molecule has 0 rings (SSSR count). The third-order valence-electron chi connectivity index (χ3n) is 11.5. The van der Waals surface area contributed by atoms with E-state index in [9.17, 15) is 14.4 Å². The summed E-state index contributed by atoms with van der Waals surface area (Å²) in [6.45, 7) is 6.49. The van der Waals surface area contributed by atoms with E-state index in [1.54, 1.807) is 0 Å². The van der Waals surface area contributed by atoms with Crippen LogP contribution >= 0.6 is 0 Å². The van der Waals surface area contributed by atoms with Gasteiger partial charge in [0.2, 0.25) is 0 Å². The molecule has 0 aromatic carbocycles. The van der Waals surface area contributed by atoms with Gasteiger partial charge in [-0.25, -0.2) is 0 Å². The van der Waals surface area contributed by atoms with Gasteiger partial charge in [-0.3, -0.25) is 14.4 Å². The second-order valence-electron chi connectivity index (χ2n) is 17.8. The van der Waals surface area contributed by atoms with Crippen LogP contribution in [0.15, 0.2) is 60.8 Å². The van der Waals surface area contributed by atoms with Gasteiger partial charge in [-0.05, 0) is 83.5 Å². The molecule has 0 saturated heterocycles. The number of hydrogen-bond donors (Lipinski definition) is 0. The van der Waals surface area contributed by atoms with Crippen LogP contribution in [0.1, 0.15) is 265 Å². The molecule has 6 heteroatoms. The summed E-state index contributed by atoms with van der Waals surface area (Å²) in [5, 5.41) is 0. The van der Waals surface area contributed by atoms with E-state index in [2.05, 4.69) is 81.5 Å². The zero-order valence-corrected chi connectivity index (χ0v) is 41.6. The Hall–Kier alpha value is -2.89. The molecule has 0 amide bonds. The number of hydrogen-bond acceptors (Lipinski definition) is 6. The molecule has 0 saturated carbocycles. The van der Waals surface area contributed by atoms with E-state index in [-0.39, 0.29) is 37.5 Å². The van der Waals surface area contributed by atoms with Gasteiger partial charge >= 0.3 is 17.9 Å². The maximum Gasteiger partial charge on any atom is 0.306 e. The Bertz CT molecular complexity index is 1150. The molecule has 0 radical (unpaired) electrons. The first-order chi connectivity index (χ1) is 31.0. The molecular formula is C57H100O6. The molecular weight excluding hydrogens is 781 g/mol. The Morgan fingerprint density at radius 3 is 1.02 bits per heavy atom. The van der Waals surface area contributed by atoms with E-state index < -0.39 is 6.10 Å². The topological polar surface area (TPSA) is 78.9 Å². The summed E-state index contributed by atoms with van der Waals surface area (Å²) in [6, 6.07) is 0. The molecule has 63 heavy (non-hydrogen) atoms. The lowest BCUT2D eigenvalue weighted by Gasteiger charge is -2.18. The Morgan fingerprint density at radius 1 is 0.333 bits per heavy atom. The van der Waals surface area contributed by atoms with Crippen molar-refractivity contribution in [3.8, 4) is 0 Å². The van der Waals surface area contributed by atoms with Crippen molar-refractivity contribution in [2.45, 2.75) is 271 Å². The lowest BCUT2D eigenvalue weighted by Crippen LogP contribution is -2.30. The Balaban J connectivity index is 4.38. The Labute approximate surface area is 390 Å². The van der Waals surface area contributed by atoms with E-state index >= 15 is 0 Å². The molecule has 0 spiro atoms. The van der Waals surface area contributed by atoms with Crippen molar-refractivity contribution in [2.75, 3.05) is 13.2 Å². The summed E-state index contributed by atoms with van der Waals surface area (Å²) < 4.78 is 16.8. The third kappa shape index (κ3) is 50.0. The second-order valence-corrected chi connectivity index (χ2v) is 17.8. The fourth-order valence-corrected chi connectivity index (χ4v) is 7.49. The largest absolute Gasteiger partial charge is 0.462 e. The van der Waals surface area contributed by atoms with Gasteiger partial charge in [0.15, 0.2) is 6.10 Å². The van der Waals surface area contributed by atoms with Gasteiger partial charge in [-0.1, -0.05) is 223 Å². The van der Waals surface area contributed by atoms with E-state index in [0.29, 0.717) is 19.3 Å². The van der Waals surface area contributed by atoms with Gasteiger partial charge in [0.05, 0.1) is 0 Å². The highest BCUT2D eigenvalue weighted by Crippen LogP contribution is 2.15. The molecule has 1 atom stereocenters. The summed E-state index contributed by atoms with van der Waals surface area (Å²) in [5.41, 5.74) is 0. The standard InChI is InChI=1S/C57H100O6/c1-4-7-10-13-16-19-22-24-26-27-28-29-31-32-35-38-41-44-47-50-56(59)62-53-54(52-61-55(58)49-46-43-40-37-34-21-18-15-12-9-6-3)63-57(60)51-48-45-42-39-36-33-30-25-23-20-17-14-11-8-5-2/h8,11,17,20,24-26,30,36,39,54H,4-7,9-10,12-16,18-19,21-23,27-29,31-35,37-38,40-53H2,1-3H3/b11-8-,20-17-,26-24-,30-25-,39-36-. The van der Waals surface area contributed by atoms with Crippen LogP contribution in [0.4, 0.5) is 0 Å². The van der Waals surface area contributed by atoms with E-state index in [1.165, 1.54) is 141 Å². The monoisotopic (exact) mass is 881 g/mol. The SMILES string of the molecule is CC/C=C\C/C=C\C/C=C\C/C=C\CCCCC(=O)OC(COC(=O)CCCCCCCCCCC/C=C\CCCCCCCC)COC(=O)CCCCCCCCCCCCC. The van der Waals surface area contributed by atoms with Crippen LogP contribution in [0, 0.1) is 0 Å². The molecule has 0 heterocycles. The average molecular weight is 881 g/mol. The van der Waals surface area contributed by atoms with Gasteiger partial charge in [-0.15, -0.1) is 0 Å². The van der Waals surface area contributed by atoms with E-state index in [4.69, 9.17) is 14.2 Å².